The van der Waals surface area contributed by atoms with Gasteiger partial charge in [-0.15, -0.1) is 23.1 Å². The molecule has 1 aliphatic rings. The first-order chi connectivity index (χ1) is 11.5. The Morgan fingerprint density at radius 1 is 1.29 bits per heavy atom. The molecule has 1 aliphatic heterocycles. The van der Waals surface area contributed by atoms with Gasteiger partial charge in [-0.25, -0.2) is 0 Å². The van der Waals surface area contributed by atoms with Gasteiger partial charge in [-0.05, 0) is 26.3 Å². The van der Waals surface area contributed by atoms with Crippen LogP contribution in [0.25, 0.3) is 0 Å². The van der Waals surface area contributed by atoms with Crippen LogP contribution in [0, 0.1) is 5.41 Å². The maximum Gasteiger partial charge on any atom is 0.315 e. The molecule has 0 aromatic carbocycles. The molecule has 2 heterocycles. The number of hydrogen-bond donors (Lipinski definition) is 1. The van der Waals surface area contributed by atoms with Crippen molar-refractivity contribution in [3.05, 3.63) is 10.9 Å². The summed E-state index contributed by atoms with van der Waals surface area (Å²) in [6, 6.07) is 1.85. The van der Waals surface area contributed by atoms with Gasteiger partial charge in [0.25, 0.3) is 0 Å². The Bertz CT molecular complexity index is 630. The first kappa shape index (κ1) is 18.8. The Balaban J connectivity index is 2.27. The SMILES string of the molecule is CCOC(=N)c1cc2c(s1)SCC(CC)N2C(=O)CC(=O)OCC. The number of esters is 1. The predicted molar refractivity (Wildman–Crippen MR) is 96.3 cm³/mol. The van der Waals surface area contributed by atoms with E-state index in [0.29, 0.717) is 11.5 Å². The molecule has 132 valence electrons. The van der Waals surface area contributed by atoms with Crippen molar-refractivity contribution >= 4 is 46.6 Å². The van der Waals surface area contributed by atoms with Crippen LogP contribution in [0.1, 0.15) is 38.5 Å². The second-order valence-corrected chi connectivity index (χ2v) is 7.50. The van der Waals surface area contributed by atoms with Gasteiger partial charge < -0.3 is 14.4 Å². The van der Waals surface area contributed by atoms with Gasteiger partial charge in [0.2, 0.25) is 11.8 Å². The van der Waals surface area contributed by atoms with E-state index in [4.69, 9.17) is 14.9 Å². The average molecular weight is 370 g/mol. The van der Waals surface area contributed by atoms with Crippen molar-refractivity contribution in [2.45, 2.75) is 43.9 Å². The summed E-state index contributed by atoms with van der Waals surface area (Å²) in [6.45, 7) is 6.27. The number of anilines is 1. The van der Waals surface area contributed by atoms with Crippen LogP contribution in [0.2, 0.25) is 0 Å². The molecular formula is C16H22N2O4S2. The highest BCUT2D eigenvalue weighted by atomic mass is 32.2. The number of amides is 1. The number of rotatable bonds is 6. The van der Waals surface area contributed by atoms with Crippen molar-refractivity contribution in [2.75, 3.05) is 23.9 Å². The molecule has 0 fully saturated rings. The first-order valence-electron chi connectivity index (χ1n) is 7.97. The number of hydrogen-bond acceptors (Lipinski definition) is 7. The molecule has 0 bridgehead atoms. The molecule has 6 nitrogen and oxygen atoms in total. The quantitative estimate of drug-likeness (QED) is 0.360. The number of ether oxygens (including phenoxy) is 2. The molecule has 0 aliphatic carbocycles. The Labute approximate surface area is 150 Å². The molecule has 1 aromatic rings. The highest BCUT2D eigenvalue weighted by molar-refractivity contribution is 8.01. The van der Waals surface area contributed by atoms with Crippen LogP contribution in [0.5, 0.6) is 0 Å². The third kappa shape index (κ3) is 4.10. The van der Waals surface area contributed by atoms with E-state index in [1.165, 1.54) is 11.3 Å². The minimum Gasteiger partial charge on any atom is -0.477 e. The molecule has 1 unspecified atom stereocenters. The lowest BCUT2D eigenvalue weighted by molar-refractivity contribution is -0.145. The molecule has 1 aromatic heterocycles. The lowest BCUT2D eigenvalue weighted by atomic mass is 10.1. The Morgan fingerprint density at radius 2 is 2.00 bits per heavy atom. The lowest BCUT2D eigenvalue weighted by Crippen LogP contribution is -2.44. The van der Waals surface area contributed by atoms with Gasteiger partial charge >= 0.3 is 5.97 Å². The summed E-state index contributed by atoms with van der Waals surface area (Å²) in [5.74, 6) is 0.132. The lowest BCUT2D eigenvalue weighted by Gasteiger charge is -2.34. The van der Waals surface area contributed by atoms with E-state index in [2.05, 4.69) is 0 Å². The summed E-state index contributed by atoms with van der Waals surface area (Å²) in [7, 11) is 0. The molecule has 24 heavy (non-hydrogen) atoms. The number of thiophene rings is 1. The van der Waals surface area contributed by atoms with Crippen LogP contribution >= 0.6 is 23.1 Å². The zero-order valence-electron chi connectivity index (χ0n) is 14.1. The Hall–Kier alpha value is -1.54. The van der Waals surface area contributed by atoms with E-state index in [1.807, 2.05) is 19.9 Å². The van der Waals surface area contributed by atoms with Crippen molar-refractivity contribution in [3.63, 3.8) is 0 Å². The van der Waals surface area contributed by atoms with Gasteiger partial charge in [0.15, 0.2) is 0 Å². The predicted octanol–water partition coefficient (Wildman–Crippen LogP) is 3.28. The zero-order chi connectivity index (χ0) is 17.7. The topological polar surface area (TPSA) is 79.7 Å². The average Bonchev–Trinajstić information content (AvgIpc) is 2.98. The molecular weight excluding hydrogens is 348 g/mol. The smallest absolute Gasteiger partial charge is 0.315 e. The first-order valence-corrected chi connectivity index (χ1v) is 9.77. The highest BCUT2D eigenvalue weighted by Gasteiger charge is 2.33. The van der Waals surface area contributed by atoms with Crippen molar-refractivity contribution in [1.82, 2.24) is 0 Å². The number of fused-ring (bicyclic) bond motifs is 1. The van der Waals surface area contributed by atoms with Crippen molar-refractivity contribution < 1.29 is 19.1 Å². The number of nitrogens with zero attached hydrogens (tertiary/aromatic N) is 1. The summed E-state index contributed by atoms with van der Waals surface area (Å²) >= 11 is 3.13. The number of carbonyl (C=O) groups is 2. The molecule has 1 atom stereocenters. The number of thioether (sulfide) groups is 1. The van der Waals surface area contributed by atoms with Crippen LogP contribution in [-0.4, -0.2) is 42.8 Å². The second-order valence-electron chi connectivity index (χ2n) is 5.16. The van der Waals surface area contributed by atoms with E-state index < -0.39 is 5.97 Å². The molecule has 1 N–H and O–H groups in total. The summed E-state index contributed by atoms with van der Waals surface area (Å²) in [4.78, 5) is 26.7. The molecule has 0 spiro atoms. The molecule has 2 rings (SSSR count). The monoisotopic (exact) mass is 370 g/mol. The van der Waals surface area contributed by atoms with E-state index >= 15 is 0 Å². The van der Waals surface area contributed by atoms with Gasteiger partial charge in [0.05, 0.1) is 28.0 Å². The normalized spacial score (nSPS) is 16.5. The van der Waals surface area contributed by atoms with E-state index in [-0.39, 0.29) is 30.9 Å². The summed E-state index contributed by atoms with van der Waals surface area (Å²) in [5, 5.41) is 7.95. The van der Waals surface area contributed by atoms with Crippen molar-refractivity contribution in [1.29, 1.82) is 5.41 Å². The van der Waals surface area contributed by atoms with E-state index in [0.717, 1.165) is 22.1 Å². The number of nitrogens with one attached hydrogen (secondary N) is 1. The maximum atomic E-state index is 12.7. The standard InChI is InChI=1S/C16H22N2O4S2/c1-4-10-9-23-16-11(7-12(24-16)15(17)22-6-3)18(10)13(19)8-14(20)21-5-2/h7,10,17H,4-6,8-9H2,1-3H3. The van der Waals surface area contributed by atoms with Crippen LogP contribution in [0.3, 0.4) is 0 Å². The maximum absolute atomic E-state index is 12.7. The van der Waals surface area contributed by atoms with Gasteiger partial charge in [-0.1, -0.05) is 6.92 Å². The van der Waals surface area contributed by atoms with Gasteiger partial charge in [-0.2, -0.15) is 0 Å². The van der Waals surface area contributed by atoms with Crippen molar-refractivity contribution in [3.8, 4) is 0 Å². The largest absolute Gasteiger partial charge is 0.477 e. The van der Waals surface area contributed by atoms with E-state index in [9.17, 15) is 9.59 Å². The third-order valence-corrected chi connectivity index (χ3v) is 6.11. The fourth-order valence-electron chi connectivity index (χ4n) is 2.47. The van der Waals surface area contributed by atoms with Crippen LogP contribution in [0.4, 0.5) is 5.69 Å². The minimum absolute atomic E-state index is 0.0353. The fourth-order valence-corrected chi connectivity index (χ4v) is 4.99. The summed E-state index contributed by atoms with van der Waals surface area (Å²) < 4.78 is 11.1. The van der Waals surface area contributed by atoms with Crippen LogP contribution in [0.15, 0.2) is 10.3 Å². The number of carbonyl (C=O) groups excluding carboxylic acids is 2. The fraction of sp³-hybridized carbons (Fsp3) is 0.562. The molecule has 0 saturated carbocycles. The zero-order valence-corrected chi connectivity index (χ0v) is 15.7. The second kappa shape index (κ2) is 8.53. The Kier molecular flexibility index (Phi) is 6.68. The van der Waals surface area contributed by atoms with Crippen LogP contribution in [-0.2, 0) is 19.1 Å². The van der Waals surface area contributed by atoms with Gasteiger partial charge in [-0.3, -0.25) is 15.0 Å². The Morgan fingerprint density at radius 3 is 2.62 bits per heavy atom. The molecule has 8 heteroatoms. The minimum atomic E-state index is -0.505. The summed E-state index contributed by atoms with van der Waals surface area (Å²) in [5.41, 5.74) is 0.775. The molecule has 0 radical (unpaired) electrons. The van der Waals surface area contributed by atoms with Crippen molar-refractivity contribution in [2.24, 2.45) is 0 Å². The van der Waals surface area contributed by atoms with E-state index in [1.54, 1.807) is 23.6 Å². The molecule has 0 saturated heterocycles. The van der Waals surface area contributed by atoms with Gasteiger partial charge in [0.1, 0.15) is 6.42 Å². The third-order valence-electron chi connectivity index (χ3n) is 3.56. The summed E-state index contributed by atoms with van der Waals surface area (Å²) in [6.07, 6.45) is 0.539. The highest BCUT2D eigenvalue weighted by Crippen LogP contribution is 2.44. The van der Waals surface area contributed by atoms with Crippen LogP contribution < -0.4 is 4.90 Å². The molecule has 1 amide bonds. The van der Waals surface area contributed by atoms with Gasteiger partial charge in [0, 0.05) is 11.8 Å².